The van der Waals surface area contributed by atoms with Gasteiger partial charge in [0.2, 0.25) is 5.89 Å². The SMILES string of the molecule is FC(F)(F)c1nnc2ccc(NCc3coc(-c4cccs4)n3)nn12. The minimum absolute atomic E-state index is 0.0132. The molecule has 11 heteroatoms. The minimum Gasteiger partial charge on any atom is -0.443 e. The molecule has 0 amide bonds. The van der Waals surface area contributed by atoms with Gasteiger partial charge >= 0.3 is 6.18 Å². The summed E-state index contributed by atoms with van der Waals surface area (Å²) in [7, 11) is 0. The summed E-state index contributed by atoms with van der Waals surface area (Å²) < 4.78 is 44.6. The number of nitrogens with one attached hydrogen (secondary N) is 1. The number of hydrogen-bond acceptors (Lipinski definition) is 7. The molecule has 0 spiro atoms. The van der Waals surface area contributed by atoms with Gasteiger partial charge in [0.15, 0.2) is 5.65 Å². The van der Waals surface area contributed by atoms with E-state index in [1.807, 2.05) is 17.5 Å². The number of rotatable bonds is 4. The zero-order valence-corrected chi connectivity index (χ0v) is 13.2. The second-order valence-corrected chi connectivity index (χ2v) is 5.93. The van der Waals surface area contributed by atoms with Gasteiger partial charge in [0.1, 0.15) is 12.1 Å². The topological polar surface area (TPSA) is 81.1 Å². The van der Waals surface area contributed by atoms with Crippen molar-refractivity contribution in [1.82, 2.24) is 24.8 Å². The Morgan fingerprint density at radius 3 is 2.84 bits per heavy atom. The van der Waals surface area contributed by atoms with E-state index in [1.54, 1.807) is 0 Å². The van der Waals surface area contributed by atoms with E-state index in [2.05, 4.69) is 25.6 Å². The molecule has 7 nitrogen and oxygen atoms in total. The second-order valence-electron chi connectivity index (χ2n) is 4.98. The summed E-state index contributed by atoms with van der Waals surface area (Å²) in [5, 5.41) is 15.3. The molecule has 0 bridgehead atoms. The van der Waals surface area contributed by atoms with Crippen LogP contribution in [0.25, 0.3) is 16.4 Å². The number of hydrogen-bond donors (Lipinski definition) is 1. The number of aromatic nitrogens is 5. The molecule has 0 unspecified atom stereocenters. The van der Waals surface area contributed by atoms with Crippen LogP contribution in [0, 0.1) is 0 Å². The molecule has 0 aliphatic heterocycles. The van der Waals surface area contributed by atoms with Crippen molar-refractivity contribution >= 4 is 22.8 Å². The summed E-state index contributed by atoms with van der Waals surface area (Å²) in [6.07, 6.45) is -3.15. The average Bonchev–Trinajstić information content (AvgIpc) is 3.30. The fourth-order valence-electron chi connectivity index (χ4n) is 2.14. The van der Waals surface area contributed by atoms with E-state index in [1.165, 1.54) is 29.7 Å². The van der Waals surface area contributed by atoms with Crippen LogP contribution in [0.15, 0.2) is 40.3 Å². The number of anilines is 1. The van der Waals surface area contributed by atoms with E-state index in [4.69, 9.17) is 4.42 Å². The zero-order chi connectivity index (χ0) is 17.4. The van der Waals surface area contributed by atoms with Gasteiger partial charge in [-0.05, 0) is 23.6 Å². The van der Waals surface area contributed by atoms with Crippen molar-refractivity contribution in [2.45, 2.75) is 12.7 Å². The van der Waals surface area contributed by atoms with Gasteiger partial charge in [0.25, 0.3) is 5.82 Å². The quantitative estimate of drug-likeness (QED) is 0.596. The first-order valence-electron chi connectivity index (χ1n) is 7.02. The summed E-state index contributed by atoms with van der Waals surface area (Å²) >= 11 is 1.50. The van der Waals surface area contributed by atoms with Gasteiger partial charge < -0.3 is 9.73 Å². The van der Waals surface area contributed by atoms with Crippen molar-refractivity contribution in [3.05, 3.63) is 47.4 Å². The molecule has 0 saturated carbocycles. The maximum Gasteiger partial charge on any atom is 0.453 e. The van der Waals surface area contributed by atoms with Gasteiger partial charge in [-0.1, -0.05) is 6.07 Å². The summed E-state index contributed by atoms with van der Waals surface area (Å²) in [5.41, 5.74) is 0.615. The second kappa shape index (κ2) is 5.84. The van der Waals surface area contributed by atoms with Crippen LogP contribution in [0.5, 0.6) is 0 Å². The standard InChI is InChI=1S/C14H9F3N6OS/c15-14(16,17)13-21-20-11-4-3-10(22-23(11)13)18-6-8-7-24-12(19-8)9-2-1-5-25-9/h1-5,7H,6H2,(H,18,22). The predicted molar refractivity (Wildman–Crippen MR) is 82.9 cm³/mol. The highest BCUT2D eigenvalue weighted by molar-refractivity contribution is 7.13. The molecule has 4 rings (SSSR count). The molecular weight excluding hydrogens is 357 g/mol. The van der Waals surface area contributed by atoms with Crippen LogP contribution in [-0.4, -0.2) is 24.8 Å². The number of halogens is 3. The Hall–Kier alpha value is -2.95. The smallest absolute Gasteiger partial charge is 0.443 e. The maximum atomic E-state index is 12.9. The highest BCUT2D eigenvalue weighted by Crippen LogP contribution is 2.27. The molecule has 4 aromatic rings. The normalized spacial score (nSPS) is 12.0. The Kier molecular flexibility index (Phi) is 3.64. The number of thiophene rings is 1. The monoisotopic (exact) mass is 366 g/mol. The first-order valence-corrected chi connectivity index (χ1v) is 7.90. The summed E-state index contributed by atoms with van der Waals surface area (Å²) in [6.45, 7) is 0.247. The van der Waals surface area contributed by atoms with Crippen molar-refractivity contribution in [3.8, 4) is 10.8 Å². The van der Waals surface area contributed by atoms with E-state index < -0.39 is 12.0 Å². The van der Waals surface area contributed by atoms with Crippen LogP contribution >= 0.6 is 11.3 Å². The first kappa shape index (κ1) is 15.6. The van der Waals surface area contributed by atoms with Crippen LogP contribution in [0.4, 0.5) is 19.0 Å². The zero-order valence-electron chi connectivity index (χ0n) is 12.4. The first-order chi connectivity index (χ1) is 12.0. The van der Waals surface area contributed by atoms with Crippen LogP contribution in [0.1, 0.15) is 11.5 Å². The molecule has 1 N–H and O–H groups in total. The number of oxazole rings is 1. The molecule has 0 aliphatic carbocycles. The summed E-state index contributed by atoms with van der Waals surface area (Å²) in [4.78, 5) is 5.21. The average molecular weight is 366 g/mol. The van der Waals surface area contributed by atoms with E-state index in [0.29, 0.717) is 16.1 Å². The van der Waals surface area contributed by atoms with Gasteiger partial charge in [0.05, 0.1) is 17.1 Å². The lowest BCUT2D eigenvalue weighted by Gasteiger charge is -2.06. The highest BCUT2D eigenvalue weighted by atomic mass is 32.1. The Bertz CT molecular complexity index is 1010. The van der Waals surface area contributed by atoms with Gasteiger partial charge in [-0.25, -0.2) is 4.98 Å². The lowest BCUT2D eigenvalue weighted by Crippen LogP contribution is -2.13. The molecule has 0 fully saturated rings. The van der Waals surface area contributed by atoms with Crippen LogP contribution in [0.3, 0.4) is 0 Å². The number of nitrogens with zero attached hydrogens (tertiary/aromatic N) is 5. The van der Waals surface area contributed by atoms with E-state index in [0.717, 1.165) is 4.88 Å². The van der Waals surface area contributed by atoms with Crippen molar-refractivity contribution in [1.29, 1.82) is 0 Å². The largest absolute Gasteiger partial charge is 0.453 e. The number of alkyl halides is 3. The summed E-state index contributed by atoms with van der Waals surface area (Å²) in [6, 6.07) is 6.69. The molecule has 0 atom stereocenters. The van der Waals surface area contributed by atoms with E-state index in [9.17, 15) is 13.2 Å². The van der Waals surface area contributed by atoms with Gasteiger partial charge in [-0.3, -0.25) is 0 Å². The Balaban J connectivity index is 1.53. The third kappa shape index (κ3) is 3.05. The van der Waals surface area contributed by atoms with Crippen molar-refractivity contribution in [2.75, 3.05) is 5.32 Å². The van der Waals surface area contributed by atoms with E-state index >= 15 is 0 Å². The van der Waals surface area contributed by atoms with Crippen molar-refractivity contribution < 1.29 is 17.6 Å². The van der Waals surface area contributed by atoms with Crippen LogP contribution in [-0.2, 0) is 12.7 Å². The Morgan fingerprint density at radius 1 is 1.20 bits per heavy atom. The predicted octanol–water partition coefficient (Wildman–Crippen LogP) is 3.47. The Labute approximate surface area is 142 Å². The van der Waals surface area contributed by atoms with Crippen LogP contribution in [0.2, 0.25) is 0 Å². The molecule has 128 valence electrons. The molecule has 25 heavy (non-hydrogen) atoms. The molecule has 0 radical (unpaired) electrons. The summed E-state index contributed by atoms with van der Waals surface area (Å²) in [5.74, 6) is -0.445. The fraction of sp³-hybridized carbons (Fsp3) is 0.143. The Morgan fingerprint density at radius 2 is 2.08 bits per heavy atom. The molecule has 4 aromatic heterocycles. The molecular formula is C14H9F3N6OS. The molecule has 0 saturated heterocycles. The minimum atomic E-state index is -4.63. The molecule has 0 aliphatic rings. The van der Waals surface area contributed by atoms with Crippen molar-refractivity contribution in [3.63, 3.8) is 0 Å². The molecule has 4 heterocycles. The van der Waals surface area contributed by atoms with Crippen molar-refractivity contribution in [2.24, 2.45) is 0 Å². The molecule has 0 aromatic carbocycles. The maximum absolute atomic E-state index is 12.9. The third-order valence-electron chi connectivity index (χ3n) is 3.25. The third-order valence-corrected chi connectivity index (χ3v) is 4.11. The highest BCUT2D eigenvalue weighted by Gasteiger charge is 2.37. The van der Waals surface area contributed by atoms with E-state index in [-0.39, 0.29) is 18.0 Å². The van der Waals surface area contributed by atoms with Gasteiger partial charge in [-0.2, -0.15) is 17.7 Å². The lowest BCUT2D eigenvalue weighted by atomic mass is 10.4. The van der Waals surface area contributed by atoms with Crippen LogP contribution < -0.4 is 5.32 Å². The lowest BCUT2D eigenvalue weighted by molar-refractivity contribution is -0.146. The number of fused-ring (bicyclic) bond motifs is 1. The fourth-order valence-corrected chi connectivity index (χ4v) is 2.80. The van der Waals surface area contributed by atoms with Gasteiger partial charge in [0, 0.05) is 0 Å². The van der Waals surface area contributed by atoms with Gasteiger partial charge in [-0.15, -0.1) is 26.6 Å².